The van der Waals surface area contributed by atoms with Gasteiger partial charge in [0.1, 0.15) is 11.6 Å². The van der Waals surface area contributed by atoms with E-state index < -0.39 is 47.6 Å². The Morgan fingerprint density at radius 3 is 2.50 bits per heavy atom. The number of benzene rings is 1. The topological polar surface area (TPSA) is 100 Å². The van der Waals surface area contributed by atoms with E-state index in [0.29, 0.717) is 19.0 Å². The Labute approximate surface area is 238 Å². The number of rotatable bonds is 7. The fraction of sp³-hybridized carbons (Fsp3) is 0.448. The van der Waals surface area contributed by atoms with E-state index in [2.05, 4.69) is 25.7 Å². The van der Waals surface area contributed by atoms with Gasteiger partial charge in [0.25, 0.3) is 5.91 Å². The average Bonchev–Trinajstić information content (AvgIpc) is 3.46. The molecule has 1 saturated carbocycles. The van der Waals surface area contributed by atoms with Crippen LogP contribution in [-0.4, -0.2) is 58.2 Å². The second-order valence-electron chi connectivity index (χ2n) is 10.7. The summed E-state index contributed by atoms with van der Waals surface area (Å²) in [5.74, 6) is -4.39. The number of nitrogens with one attached hydrogen (secondary N) is 2. The number of hydrogen-bond acceptors (Lipinski definition) is 6. The van der Waals surface area contributed by atoms with Gasteiger partial charge in [0.2, 0.25) is 5.91 Å². The van der Waals surface area contributed by atoms with Crippen molar-refractivity contribution in [3.8, 4) is 11.3 Å². The Balaban J connectivity index is 1.35. The fourth-order valence-corrected chi connectivity index (χ4v) is 5.75. The van der Waals surface area contributed by atoms with Crippen LogP contribution in [0.15, 0.2) is 53.2 Å². The number of carbonyl (C=O) groups is 2. The van der Waals surface area contributed by atoms with Crippen molar-refractivity contribution in [1.82, 2.24) is 25.7 Å². The number of nitrogens with zero attached hydrogens (tertiary/aromatic N) is 3. The highest BCUT2D eigenvalue weighted by Crippen LogP contribution is 2.33. The fourth-order valence-electron chi connectivity index (χ4n) is 5.75. The van der Waals surface area contributed by atoms with E-state index in [4.69, 9.17) is 4.52 Å². The monoisotopic (exact) mass is 591 g/mol. The van der Waals surface area contributed by atoms with E-state index in [0.717, 1.165) is 44.2 Å². The van der Waals surface area contributed by atoms with Gasteiger partial charge in [-0.2, -0.15) is 13.2 Å². The molecule has 1 aliphatic carbocycles. The minimum Gasteiger partial charge on any atom is -0.355 e. The summed E-state index contributed by atoms with van der Waals surface area (Å²) in [6.07, 6.45) is 1.81. The van der Waals surface area contributed by atoms with Gasteiger partial charge in [-0.25, -0.2) is 8.78 Å². The predicted molar refractivity (Wildman–Crippen MR) is 141 cm³/mol. The zero-order chi connectivity index (χ0) is 29.9. The Bertz CT molecular complexity index is 1390. The second-order valence-corrected chi connectivity index (χ2v) is 10.7. The first-order valence-corrected chi connectivity index (χ1v) is 13.8. The van der Waals surface area contributed by atoms with Gasteiger partial charge in [0.15, 0.2) is 17.5 Å². The molecule has 13 heteroatoms. The van der Waals surface area contributed by atoms with Crippen molar-refractivity contribution in [2.45, 2.75) is 62.8 Å². The van der Waals surface area contributed by atoms with E-state index in [1.165, 1.54) is 30.5 Å². The minimum absolute atomic E-state index is 0.103. The maximum absolute atomic E-state index is 14.2. The molecule has 2 aliphatic rings. The van der Waals surface area contributed by atoms with Crippen LogP contribution in [0.3, 0.4) is 0 Å². The maximum atomic E-state index is 14.2. The van der Waals surface area contributed by atoms with Crippen LogP contribution in [0.5, 0.6) is 0 Å². The molecular weight excluding hydrogens is 561 g/mol. The lowest BCUT2D eigenvalue weighted by atomic mass is 9.86. The summed E-state index contributed by atoms with van der Waals surface area (Å²) in [4.78, 5) is 32.6. The summed E-state index contributed by atoms with van der Waals surface area (Å²) in [5.41, 5.74) is -0.667. The molecule has 1 saturated heterocycles. The van der Waals surface area contributed by atoms with E-state index >= 15 is 0 Å². The van der Waals surface area contributed by atoms with Gasteiger partial charge in [-0.05, 0) is 43.5 Å². The van der Waals surface area contributed by atoms with Crippen molar-refractivity contribution in [3.63, 3.8) is 0 Å². The van der Waals surface area contributed by atoms with Crippen LogP contribution in [0.4, 0.5) is 22.0 Å². The van der Waals surface area contributed by atoms with Crippen LogP contribution >= 0.6 is 0 Å². The predicted octanol–water partition coefficient (Wildman–Crippen LogP) is 5.19. The SMILES string of the molecule is O=C(N[C@@H]1CCN(C2CCCCC2)C[C@H]1C(=O)NC(c1ccccn1)C(F)(F)F)c1cc(-c2ccc(F)cc2F)on1. The third-order valence-corrected chi connectivity index (χ3v) is 7.93. The van der Waals surface area contributed by atoms with Crippen LogP contribution in [0.2, 0.25) is 0 Å². The molecule has 42 heavy (non-hydrogen) atoms. The van der Waals surface area contributed by atoms with Crippen LogP contribution in [0.25, 0.3) is 11.3 Å². The minimum atomic E-state index is -4.80. The standard InChI is InChI=1S/C29H30F5N5O3/c30-17-9-10-19(21(31)14-17)25-15-24(38-42-25)28(41)36-22-11-13-39(18-6-2-1-3-7-18)16-20(22)27(40)37-26(29(32,33)34)23-8-4-5-12-35-23/h4-5,8-10,12,14-15,18,20,22,26H,1-3,6-7,11,13,16H2,(H,36,41)(H,37,40)/t20-,22-,26?/m1/s1. The normalized spacial score (nSPS) is 21.1. The molecule has 1 unspecified atom stereocenters. The molecule has 0 spiro atoms. The van der Waals surface area contributed by atoms with Crippen molar-refractivity contribution in [2.24, 2.45) is 5.92 Å². The van der Waals surface area contributed by atoms with Gasteiger partial charge in [-0.15, -0.1) is 0 Å². The van der Waals surface area contributed by atoms with Crippen LogP contribution in [-0.2, 0) is 4.79 Å². The zero-order valence-corrected chi connectivity index (χ0v) is 22.5. The molecule has 2 amide bonds. The quantitative estimate of drug-likeness (QED) is 0.367. The summed E-state index contributed by atoms with van der Waals surface area (Å²) >= 11 is 0. The van der Waals surface area contributed by atoms with Gasteiger partial charge < -0.3 is 15.2 Å². The van der Waals surface area contributed by atoms with E-state index in [-0.39, 0.29) is 35.3 Å². The number of piperidine rings is 1. The number of likely N-dealkylation sites (tertiary alicyclic amines) is 1. The number of carbonyl (C=O) groups excluding carboxylic acids is 2. The molecule has 2 N–H and O–H groups in total. The van der Waals surface area contributed by atoms with Gasteiger partial charge in [-0.1, -0.05) is 30.5 Å². The van der Waals surface area contributed by atoms with Gasteiger partial charge in [-0.3, -0.25) is 19.5 Å². The largest absolute Gasteiger partial charge is 0.414 e. The summed E-state index contributed by atoms with van der Waals surface area (Å²) in [6.45, 7) is 0.715. The van der Waals surface area contributed by atoms with Gasteiger partial charge >= 0.3 is 6.18 Å². The highest BCUT2D eigenvalue weighted by molar-refractivity contribution is 5.94. The third-order valence-electron chi connectivity index (χ3n) is 7.93. The molecule has 1 aliphatic heterocycles. The van der Waals surface area contributed by atoms with Crippen LogP contribution in [0, 0.1) is 17.6 Å². The number of halogens is 5. The number of amides is 2. The van der Waals surface area contributed by atoms with Crippen molar-refractivity contribution < 1.29 is 36.1 Å². The number of hydrogen-bond donors (Lipinski definition) is 2. The molecule has 224 valence electrons. The highest BCUT2D eigenvalue weighted by atomic mass is 19.4. The Morgan fingerprint density at radius 2 is 1.81 bits per heavy atom. The molecule has 2 aromatic heterocycles. The maximum Gasteiger partial charge on any atom is 0.414 e. The Hall–Kier alpha value is -3.87. The van der Waals surface area contributed by atoms with E-state index in [1.807, 2.05) is 0 Å². The number of aromatic nitrogens is 2. The lowest BCUT2D eigenvalue weighted by molar-refractivity contribution is -0.166. The average molecular weight is 592 g/mol. The summed E-state index contributed by atoms with van der Waals surface area (Å²) in [7, 11) is 0. The molecule has 8 nitrogen and oxygen atoms in total. The van der Waals surface area contributed by atoms with Crippen molar-refractivity contribution in [3.05, 3.63) is 71.7 Å². The van der Waals surface area contributed by atoms with E-state index in [9.17, 15) is 31.5 Å². The lowest BCUT2D eigenvalue weighted by Gasteiger charge is -2.43. The Kier molecular flexibility index (Phi) is 8.85. The first kappa shape index (κ1) is 29.6. The van der Waals surface area contributed by atoms with Crippen molar-refractivity contribution in [2.75, 3.05) is 13.1 Å². The molecule has 3 aromatic rings. The van der Waals surface area contributed by atoms with Crippen molar-refractivity contribution >= 4 is 11.8 Å². The van der Waals surface area contributed by atoms with Crippen LogP contribution < -0.4 is 10.6 Å². The van der Waals surface area contributed by atoms with Gasteiger partial charge in [0.05, 0.1) is 17.2 Å². The summed E-state index contributed by atoms with van der Waals surface area (Å²) in [6, 6.07) is 5.18. The van der Waals surface area contributed by atoms with Crippen molar-refractivity contribution in [1.29, 1.82) is 0 Å². The smallest absolute Gasteiger partial charge is 0.355 e. The molecule has 3 heterocycles. The van der Waals surface area contributed by atoms with Gasteiger partial charge in [0, 0.05) is 43.5 Å². The molecule has 5 rings (SSSR count). The summed E-state index contributed by atoms with van der Waals surface area (Å²) in [5, 5.41) is 8.55. The first-order chi connectivity index (χ1) is 20.1. The number of alkyl halides is 3. The summed E-state index contributed by atoms with van der Waals surface area (Å²) < 4.78 is 74.7. The number of pyridine rings is 1. The second kappa shape index (κ2) is 12.6. The molecule has 0 bridgehead atoms. The third kappa shape index (κ3) is 6.77. The van der Waals surface area contributed by atoms with Crippen LogP contribution in [0.1, 0.15) is 60.7 Å². The molecule has 2 fully saturated rings. The molecule has 0 radical (unpaired) electrons. The highest BCUT2D eigenvalue weighted by Gasteiger charge is 2.46. The zero-order valence-electron chi connectivity index (χ0n) is 22.5. The first-order valence-electron chi connectivity index (χ1n) is 13.8. The molecular formula is C29H30F5N5O3. The molecule has 1 aromatic carbocycles. The lowest BCUT2D eigenvalue weighted by Crippen LogP contribution is -2.58. The Morgan fingerprint density at radius 1 is 1.02 bits per heavy atom. The van der Waals surface area contributed by atoms with E-state index in [1.54, 1.807) is 0 Å². The molecule has 3 atom stereocenters.